The van der Waals surface area contributed by atoms with E-state index in [1.165, 1.54) is 6.08 Å². The van der Waals surface area contributed by atoms with Gasteiger partial charge in [0.2, 0.25) is 5.91 Å². The van der Waals surface area contributed by atoms with Crippen molar-refractivity contribution in [3.8, 4) is 11.1 Å². The zero-order valence-corrected chi connectivity index (χ0v) is 16.6. The fraction of sp³-hybridized carbons (Fsp3) is 0.348. The van der Waals surface area contributed by atoms with Crippen LogP contribution in [-0.2, 0) is 9.59 Å². The van der Waals surface area contributed by atoms with E-state index < -0.39 is 6.17 Å². The van der Waals surface area contributed by atoms with E-state index in [1.807, 2.05) is 42.2 Å². The molecule has 152 valence electrons. The number of carbonyl (C=O) groups excluding carboxylic acids is 2. The second kappa shape index (κ2) is 10.1. The Hall–Kier alpha value is -2.86. The molecule has 2 heterocycles. The van der Waals surface area contributed by atoms with Crippen LogP contribution in [0.15, 0.2) is 54.7 Å². The Bertz CT molecular complexity index is 867. The highest BCUT2D eigenvalue weighted by Gasteiger charge is 2.17. The van der Waals surface area contributed by atoms with Gasteiger partial charge in [0.15, 0.2) is 0 Å². The van der Waals surface area contributed by atoms with Crippen LogP contribution < -0.4 is 5.32 Å². The molecule has 29 heavy (non-hydrogen) atoms. The summed E-state index contributed by atoms with van der Waals surface area (Å²) in [5.74, 6) is 0.0393. The maximum Gasteiger partial charge on any atom is 0.249 e. The van der Waals surface area contributed by atoms with Crippen LogP contribution in [-0.4, -0.2) is 47.9 Å². The lowest BCUT2D eigenvalue weighted by Crippen LogP contribution is -2.36. The van der Waals surface area contributed by atoms with Gasteiger partial charge in [0.1, 0.15) is 18.3 Å². The molecule has 0 aliphatic carbocycles. The van der Waals surface area contributed by atoms with Crippen LogP contribution in [0.5, 0.6) is 0 Å². The number of alkyl halides is 1. The lowest BCUT2D eigenvalue weighted by molar-refractivity contribution is -0.112. The number of aldehydes is 1. The van der Waals surface area contributed by atoms with Crippen LogP contribution in [0.25, 0.3) is 11.1 Å². The van der Waals surface area contributed by atoms with E-state index in [-0.39, 0.29) is 11.8 Å². The third-order valence-corrected chi connectivity index (χ3v) is 5.05. The highest BCUT2D eigenvalue weighted by Crippen LogP contribution is 2.23. The minimum Gasteiger partial charge on any atom is -0.307 e. The summed E-state index contributed by atoms with van der Waals surface area (Å²) < 4.78 is 13.4. The molecule has 0 saturated carbocycles. The van der Waals surface area contributed by atoms with E-state index in [1.54, 1.807) is 18.3 Å². The Kier molecular flexibility index (Phi) is 7.25. The molecule has 2 atom stereocenters. The van der Waals surface area contributed by atoms with Crippen molar-refractivity contribution in [3.63, 3.8) is 0 Å². The number of nitrogens with one attached hydrogen (secondary N) is 1. The van der Waals surface area contributed by atoms with Gasteiger partial charge in [0, 0.05) is 36.8 Å². The topological polar surface area (TPSA) is 62.3 Å². The van der Waals surface area contributed by atoms with Gasteiger partial charge in [0.05, 0.1) is 0 Å². The number of anilines is 1. The van der Waals surface area contributed by atoms with Crippen molar-refractivity contribution < 1.29 is 14.0 Å². The Morgan fingerprint density at radius 3 is 2.93 bits per heavy atom. The number of likely N-dealkylation sites (tertiary alicyclic amines) is 1. The number of benzene rings is 1. The zero-order valence-electron chi connectivity index (χ0n) is 16.6. The molecule has 1 aliphatic rings. The highest BCUT2D eigenvalue weighted by atomic mass is 19.1. The van der Waals surface area contributed by atoms with Crippen molar-refractivity contribution in [2.24, 2.45) is 0 Å². The summed E-state index contributed by atoms with van der Waals surface area (Å²) in [4.78, 5) is 29.4. The van der Waals surface area contributed by atoms with Gasteiger partial charge >= 0.3 is 0 Å². The van der Waals surface area contributed by atoms with Gasteiger partial charge in [-0.05, 0) is 42.6 Å². The first kappa shape index (κ1) is 20.9. The molecule has 0 bridgehead atoms. The van der Waals surface area contributed by atoms with Crippen LogP contribution in [0.2, 0.25) is 0 Å². The molecule has 1 amide bonds. The lowest BCUT2D eigenvalue weighted by atomic mass is 9.98. The molecule has 6 heteroatoms. The minimum atomic E-state index is -0.768. The Labute approximate surface area is 170 Å². The standard InChI is InChI=1S/C23H26FN3O2/c1-17(16-28)18-5-2-6-19(13-18)20-9-10-22(25-14-20)26-23(29)8-4-12-27-11-3-7-21(24)15-27/h2,4-6,8-10,13-14,16-17,21H,3,7,11-12,15H2,1H3,(H,25,26,29)/b8-4+. The zero-order chi connectivity index (χ0) is 20.6. The molecule has 5 nitrogen and oxygen atoms in total. The average molecular weight is 395 g/mol. The predicted octanol–water partition coefficient (Wildman–Crippen LogP) is 3.98. The Morgan fingerprint density at radius 2 is 2.21 bits per heavy atom. The molecule has 2 aromatic rings. The highest BCUT2D eigenvalue weighted by molar-refractivity contribution is 5.98. The third kappa shape index (κ3) is 6.06. The molecule has 1 aromatic heterocycles. The number of pyridine rings is 1. The van der Waals surface area contributed by atoms with Crippen LogP contribution in [0.1, 0.15) is 31.2 Å². The number of carbonyl (C=O) groups is 2. The molecule has 1 saturated heterocycles. The molecular weight excluding hydrogens is 369 g/mol. The number of nitrogens with zero attached hydrogens (tertiary/aromatic N) is 2. The Balaban J connectivity index is 1.55. The summed E-state index contributed by atoms with van der Waals surface area (Å²) in [7, 11) is 0. The van der Waals surface area contributed by atoms with Gasteiger partial charge in [-0.2, -0.15) is 0 Å². The molecule has 3 rings (SSSR count). The summed E-state index contributed by atoms with van der Waals surface area (Å²) >= 11 is 0. The molecule has 1 aliphatic heterocycles. The smallest absolute Gasteiger partial charge is 0.249 e. The summed E-state index contributed by atoms with van der Waals surface area (Å²) in [6.07, 6.45) is 6.54. The number of amides is 1. The van der Waals surface area contributed by atoms with E-state index in [0.717, 1.165) is 35.9 Å². The van der Waals surface area contributed by atoms with Crippen LogP contribution >= 0.6 is 0 Å². The summed E-state index contributed by atoms with van der Waals surface area (Å²) in [6, 6.07) is 11.4. The van der Waals surface area contributed by atoms with Gasteiger partial charge in [-0.3, -0.25) is 9.69 Å². The maximum atomic E-state index is 13.4. The fourth-order valence-electron chi connectivity index (χ4n) is 3.36. The molecule has 0 spiro atoms. The number of rotatable bonds is 7. The van der Waals surface area contributed by atoms with E-state index >= 15 is 0 Å². The predicted molar refractivity (Wildman–Crippen MR) is 112 cm³/mol. The number of hydrogen-bond acceptors (Lipinski definition) is 4. The van der Waals surface area contributed by atoms with E-state index in [4.69, 9.17) is 0 Å². The second-order valence-electron chi connectivity index (χ2n) is 7.37. The lowest BCUT2D eigenvalue weighted by Gasteiger charge is -2.27. The van der Waals surface area contributed by atoms with Crippen LogP contribution in [0, 0.1) is 0 Å². The number of piperidine rings is 1. The first-order valence-electron chi connectivity index (χ1n) is 9.91. The minimum absolute atomic E-state index is 0.158. The first-order valence-corrected chi connectivity index (χ1v) is 9.91. The van der Waals surface area contributed by atoms with Crippen molar-refractivity contribution in [1.29, 1.82) is 0 Å². The molecule has 2 unspecified atom stereocenters. The van der Waals surface area contributed by atoms with Crippen molar-refractivity contribution >= 4 is 18.0 Å². The van der Waals surface area contributed by atoms with Crippen molar-refractivity contribution in [2.45, 2.75) is 31.9 Å². The molecular formula is C23H26FN3O2. The molecule has 1 aromatic carbocycles. The Morgan fingerprint density at radius 1 is 1.34 bits per heavy atom. The van der Waals surface area contributed by atoms with Crippen molar-refractivity contribution in [2.75, 3.05) is 25.0 Å². The summed E-state index contributed by atoms with van der Waals surface area (Å²) in [6.45, 7) is 3.72. The molecule has 1 fully saturated rings. The fourth-order valence-corrected chi connectivity index (χ4v) is 3.36. The van der Waals surface area contributed by atoms with Crippen LogP contribution in [0.3, 0.4) is 0 Å². The van der Waals surface area contributed by atoms with E-state index in [9.17, 15) is 14.0 Å². The second-order valence-corrected chi connectivity index (χ2v) is 7.37. The quantitative estimate of drug-likeness (QED) is 0.569. The van der Waals surface area contributed by atoms with Gasteiger partial charge in [-0.25, -0.2) is 9.37 Å². The molecule has 0 radical (unpaired) electrons. The summed E-state index contributed by atoms with van der Waals surface area (Å²) in [5, 5.41) is 2.73. The SMILES string of the molecule is CC(C=O)c1cccc(-c2ccc(NC(=O)/C=C/CN3CCCC(F)C3)nc2)c1. The monoisotopic (exact) mass is 395 g/mol. The van der Waals surface area contributed by atoms with E-state index in [2.05, 4.69) is 10.3 Å². The van der Waals surface area contributed by atoms with Crippen LogP contribution in [0.4, 0.5) is 10.2 Å². The van der Waals surface area contributed by atoms with Gasteiger partial charge in [0.25, 0.3) is 0 Å². The normalized spacial score (nSPS) is 18.5. The van der Waals surface area contributed by atoms with Gasteiger partial charge in [-0.1, -0.05) is 37.3 Å². The maximum absolute atomic E-state index is 13.4. The largest absolute Gasteiger partial charge is 0.307 e. The third-order valence-electron chi connectivity index (χ3n) is 5.05. The first-order chi connectivity index (χ1) is 14.0. The molecule has 1 N–H and O–H groups in total. The number of aromatic nitrogens is 1. The van der Waals surface area contributed by atoms with Crippen molar-refractivity contribution in [1.82, 2.24) is 9.88 Å². The summed E-state index contributed by atoms with van der Waals surface area (Å²) in [5.41, 5.74) is 2.83. The number of hydrogen-bond donors (Lipinski definition) is 1. The van der Waals surface area contributed by atoms with Gasteiger partial charge < -0.3 is 10.1 Å². The van der Waals surface area contributed by atoms with E-state index in [0.29, 0.717) is 25.3 Å². The average Bonchev–Trinajstić information content (AvgIpc) is 2.74. The number of halogens is 1. The van der Waals surface area contributed by atoms with Gasteiger partial charge in [-0.15, -0.1) is 0 Å². The van der Waals surface area contributed by atoms with Crippen molar-refractivity contribution in [3.05, 3.63) is 60.3 Å².